The van der Waals surface area contributed by atoms with Gasteiger partial charge in [0.15, 0.2) is 29.6 Å². The summed E-state index contributed by atoms with van der Waals surface area (Å²) in [5.41, 5.74) is -1.16. The molecule has 2 aromatic rings. The van der Waals surface area contributed by atoms with Crippen LogP contribution in [-0.4, -0.2) is 16.1 Å². The highest BCUT2D eigenvalue weighted by atomic mass is 19.2. The van der Waals surface area contributed by atoms with Crippen LogP contribution < -0.4 is 0 Å². The van der Waals surface area contributed by atoms with Crippen LogP contribution in [0.15, 0.2) is 6.20 Å². The molecule has 1 aromatic carbocycles. The van der Waals surface area contributed by atoms with E-state index in [2.05, 4.69) is 5.10 Å². The molecule has 0 amide bonds. The minimum Gasteiger partial charge on any atom is -0.296 e. The molecular formula is C11H5F5N2O. The molecule has 0 atom stereocenters. The summed E-state index contributed by atoms with van der Waals surface area (Å²) in [7, 11) is 0. The summed E-state index contributed by atoms with van der Waals surface area (Å²) in [4.78, 5) is 10.6. The number of benzene rings is 1. The summed E-state index contributed by atoms with van der Waals surface area (Å²) in [6.07, 6.45) is 1.29. The Labute approximate surface area is 103 Å². The van der Waals surface area contributed by atoms with E-state index < -0.39 is 34.8 Å². The van der Waals surface area contributed by atoms with Crippen molar-refractivity contribution in [3.8, 4) is 5.69 Å². The second-order valence-electron chi connectivity index (χ2n) is 3.68. The van der Waals surface area contributed by atoms with Gasteiger partial charge in [0.2, 0.25) is 5.82 Å². The van der Waals surface area contributed by atoms with Crippen LogP contribution >= 0.6 is 0 Å². The molecule has 19 heavy (non-hydrogen) atoms. The summed E-state index contributed by atoms with van der Waals surface area (Å²) in [6.45, 7) is 1.40. The first-order chi connectivity index (χ1) is 8.88. The third-order valence-corrected chi connectivity index (χ3v) is 2.46. The van der Waals surface area contributed by atoms with Crippen LogP contribution in [0.5, 0.6) is 0 Å². The van der Waals surface area contributed by atoms with Crippen LogP contribution in [0.2, 0.25) is 0 Å². The molecule has 0 aliphatic carbocycles. The lowest BCUT2D eigenvalue weighted by atomic mass is 10.2. The van der Waals surface area contributed by atoms with Crippen molar-refractivity contribution >= 4 is 6.29 Å². The second kappa shape index (κ2) is 4.45. The quantitative estimate of drug-likeness (QED) is 0.366. The molecule has 0 unspecified atom stereocenters. The first-order valence-electron chi connectivity index (χ1n) is 4.91. The van der Waals surface area contributed by atoms with Crippen molar-refractivity contribution in [2.45, 2.75) is 6.92 Å². The molecule has 0 aliphatic rings. The van der Waals surface area contributed by atoms with E-state index in [9.17, 15) is 26.7 Å². The number of aryl methyl sites for hydroxylation is 1. The van der Waals surface area contributed by atoms with Gasteiger partial charge in [-0.2, -0.15) is 5.10 Å². The standard InChI is InChI=1S/C11H5F5N2O/c1-4-2-18(17-5(4)3-19)11-9(15)7(13)6(12)8(14)10(11)16/h2-3H,1H3. The van der Waals surface area contributed by atoms with Crippen molar-refractivity contribution in [3.63, 3.8) is 0 Å². The van der Waals surface area contributed by atoms with Crippen molar-refractivity contribution in [2.24, 2.45) is 0 Å². The first-order valence-corrected chi connectivity index (χ1v) is 4.91. The van der Waals surface area contributed by atoms with E-state index in [0.717, 1.165) is 6.20 Å². The zero-order chi connectivity index (χ0) is 14.3. The molecule has 3 nitrogen and oxygen atoms in total. The summed E-state index contributed by atoms with van der Waals surface area (Å²) >= 11 is 0. The number of hydrogen-bond acceptors (Lipinski definition) is 2. The molecular weight excluding hydrogens is 271 g/mol. The van der Waals surface area contributed by atoms with E-state index in [4.69, 9.17) is 0 Å². The fourth-order valence-corrected chi connectivity index (χ4v) is 1.50. The Balaban J connectivity index is 2.78. The van der Waals surface area contributed by atoms with Gasteiger partial charge in [-0.15, -0.1) is 0 Å². The highest BCUT2D eigenvalue weighted by Gasteiger charge is 2.27. The Morgan fingerprint density at radius 1 is 1.00 bits per heavy atom. The molecule has 0 saturated heterocycles. The van der Waals surface area contributed by atoms with Gasteiger partial charge in [-0.05, 0) is 12.5 Å². The van der Waals surface area contributed by atoms with Gasteiger partial charge >= 0.3 is 0 Å². The van der Waals surface area contributed by atoms with E-state index in [1.165, 1.54) is 6.92 Å². The Bertz CT molecular complexity index is 651. The maximum atomic E-state index is 13.5. The van der Waals surface area contributed by atoms with E-state index in [1.54, 1.807) is 0 Å². The Morgan fingerprint density at radius 3 is 1.89 bits per heavy atom. The number of rotatable bonds is 2. The van der Waals surface area contributed by atoms with Crippen LogP contribution in [-0.2, 0) is 0 Å². The highest BCUT2D eigenvalue weighted by molar-refractivity contribution is 5.73. The fourth-order valence-electron chi connectivity index (χ4n) is 1.50. The number of nitrogens with zero attached hydrogens (tertiary/aromatic N) is 2. The summed E-state index contributed by atoms with van der Waals surface area (Å²) < 4.78 is 66.2. The molecule has 1 heterocycles. The monoisotopic (exact) mass is 276 g/mol. The lowest BCUT2D eigenvalue weighted by Gasteiger charge is -2.07. The van der Waals surface area contributed by atoms with Gasteiger partial charge in [0.1, 0.15) is 11.4 Å². The normalized spacial score (nSPS) is 10.8. The third-order valence-electron chi connectivity index (χ3n) is 2.46. The SMILES string of the molecule is Cc1cn(-c2c(F)c(F)c(F)c(F)c2F)nc1C=O. The van der Waals surface area contributed by atoms with Crippen LogP contribution in [0.4, 0.5) is 22.0 Å². The summed E-state index contributed by atoms with van der Waals surface area (Å²) in [5.74, 6) is -10.4. The van der Waals surface area contributed by atoms with Crippen LogP contribution in [0.3, 0.4) is 0 Å². The molecule has 0 spiro atoms. The zero-order valence-electron chi connectivity index (χ0n) is 9.35. The average Bonchev–Trinajstić information content (AvgIpc) is 2.75. The lowest BCUT2D eigenvalue weighted by molar-refractivity contribution is 0.111. The van der Waals surface area contributed by atoms with Gasteiger partial charge < -0.3 is 0 Å². The molecule has 2 rings (SSSR count). The molecule has 0 N–H and O–H groups in total. The first kappa shape index (κ1) is 13.2. The molecule has 8 heteroatoms. The lowest BCUT2D eigenvalue weighted by Crippen LogP contribution is -2.10. The van der Waals surface area contributed by atoms with Gasteiger partial charge in [-0.25, -0.2) is 26.6 Å². The van der Waals surface area contributed by atoms with Gasteiger partial charge in [0, 0.05) is 6.20 Å². The van der Waals surface area contributed by atoms with Crippen LogP contribution in [0, 0.1) is 36.0 Å². The zero-order valence-corrected chi connectivity index (χ0v) is 9.35. The molecule has 1 aromatic heterocycles. The average molecular weight is 276 g/mol. The van der Waals surface area contributed by atoms with Crippen molar-refractivity contribution < 1.29 is 26.7 Å². The smallest absolute Gasteiger partial charge is 0.200 e. The molecule has 0 radical (unpaired) electrons. The third kappa shape index (κ3) is 1.88. The predicted octanol–water partition coefficient (Wildman–Crippen LogP) is 2.69. The molecule has 0 aliphatic heterocycles. The summed E-state index contributed by atoms with van der Waals surface area (Å²) in [5, 5.41) is 3.44. The molecule has 0 saturated carbocycles. The maximum Gasteiger partial charge on any atom is 0.200 e. The number of carbonyl (C=O) groups excluding carboxylic acids is 1. The van der Waals surface area contributed by atoms with Crippen molar-refractivity contribution in [3.05, 3.63) is 46.5 Å². The van der Waals surface area contributed by atoms with E-state index in [0.29, 0.717) is 11.0 Å². The van der Waals surface area contributed by atoms with Gasteiger partial charge in [0.05, 0.1) is 0 Å². The van der Waals surface area contributed by atoms with E-state index in [1.807, 2.05) is 0 Å². The number of carbonyl (C=O) groups is 1. The summed E-state index contributed by atoms with van der Waals surface area (Å²) in [6, 6.07) is 0. The molecule has 100 valence electrons. The van der Waals surface area contributed by atoms with Crippen LogP contribution in [0.25, 0.3) is 5.69 Å². The van der Waals surface area contributed by atoms with Crippen molar-refractivity contribution in [2.75, 3.05) is 0 Å². The Hall–Kier alpha value is -2.25. The highest BCUT2D eigenvalue weighted by Crippen LogP contribution is 2.26. The maximum absolute atomic E-state index is 13.5. The topological polar surface area (TPSA) is 34.9 Å². The number of aromatic nitrogens is 2. The van der Waals surface area contributed by atoms with Gasteiger partial charge in [0.25, 0.3) is 0 Å². The van der Waals surface area contributed by atoms with E-state index >= 15 is 0 Å². The van der Waals surface area contributed by atoms with Gasteiger partial charge in [-0.3, -0.25) is 4.79 Å². The molecule has 0 bridgehead atoms. The Morgan fingerprint density at radius 2 is 1.47 bits per heavy atom. The van der Waals surface area contributed by atoms with Crippen LogP contribution in [0.1, 0.15) is 16.1 Å². The predicted molar refractivity (Wildman–Crippen MR) is 53.5 cm³/mol. The van der Waals surface area contributed by atoms with E-state index in [-0.39, 0.29) is 11.3 Å². The van der Waals surface area contributed by atoms with Crippen molar-refractivity contribution in [1.29, 1.82) is 0 Å². The fraction of sp³-hybridized carbons (Fsp3) is 0.0909. The minimum atomic E-state index is -2.25. The number of hydrogen-bond donors (Lipinski definition) is 0. The second-order valence-corrected chi connectivity index (χ2v) is 3.68. The minimum absolute atomic E-state index is 0.163. The number of halogens is 5. The largest absolute Gasteiger partial charge is 0.296 e. The molecule has 0 fully saturated rings. The Kier molecular flexibility index (Phi) is 3.09. The van der Waals surface area contributed by atoms with Gasteiger partial charge in [-0.1, -0.05) is 0 Å². The number of aldehydes is 1. The van der Waals surface area contributed by atoms with Crippen molar-refractivity contribution in [1.82, 2.24) is 9.78 Å².